The highest BCUT2D eigenvalue weighted by Gasteiger charge is 2.10. The Morgan fingerprint density at radius 1 is 1.17 bits per heavy atom. The molecule has 0 spiro atoms. The fourth-order valence-corrected chi connectivity index (χ4v) is 2.06. The van der Waals surface area contributed by atoms with Crippen molar-refractivity contribution < 1.29 is 22.7 Å². The molecule has 1 aromatic heterocycles. The zero-order chi connectivity index (χ0) is 16.2. The van der Waals surface area contributed by atoms with Crippen molar-refractivity contribution >= 4 is 23.0 Å². The molecule has 0 unspecified atom stereocenters. The van der Waals surface area contributed by atoms with Gasteiger partial charge in [-0.1, -0.05) is 24.3 Å². The van der Waals surface area contributed by atoms with Crippen LogP contribution in [0.1, 0.15) is 5.56 Å². The summed E-state index contributed by atoms with van der Waals surface area (Å²) in [6.07, 6.45) is 0.0632. The number of hydrogen-bond donors (Lipinski definition) is 1. The van der Waals surface area contributed by atoms with Crippen LogP contribution in [0.15, 0.2) is 52.9 Å². The molecule has 0 atom stereocenters. The highest BCUT2D eigenvalue weighted by Crippen LogP contribution is 2.19. The van der Waals surface area contributed by atoms with Crippen LogP contribution in [0, 0.1) is 0 Å². The molecule has 7 heteroatoms. The number of aromatic nitrogens is 1. The smallest absolute Gasteiger partial charge is 0.387 e. The lowest BCUT2D eigenvalue weighted by molar-refractivity contribution is -0.115. The van der Waals surface area contributed by atoms with Crippen molar-refractivity contribution in [3.05, 3.63) is 54.1 Å². The summed E-state index contributed by atoms with van der Waals surface area (Å²) in [4.78, 5) is 16.1. The van der Waals surface area contributed by atoms with Crippen LogP contribution in [0.3, 0.4) is 0 Å². The molecule has 1 heterocycles. The molecule has 0 radical (unpaired) electrons. The molecule has 0 aliphatic carbocycles. The molecule has 3 rings (SSSR count). The molecular formula is C16H12F2N2O3. The second-order valence-electron chi connectivity index (χ2n) is 4.73. The van der Waals surface area contributed by atoms with E-state index in [1.807, 2.05) is 12.1 Å². The number of nitrogens with one attached hydrogen (secondary N) is 1. The molecule has 0 bridgehead atoms. The van der Waals surface area contributed by atoms with Crippen molar-refractivity contribution in [2.45, 2.75) is 13.0 Å². The number of carbonyl (C=O) groups excluding carboxylic acids is 1. The summed E-state index contributed by atoms with van der Waals surface area (Å²) in [5, 5.41) is 2.56. The second-order valence-corrected chi connectivity index (χ2v) is 4.73. The van der Waals surface area contributed by atoms with E-state index in [0.29, 0.717) is 16.7 Å². The fraction of sp³-hybridized carbons (Fsp3) is 0.125. The SMILES string of the molecule is O=C(Cc1ccc(OC(F)F)cc1)Nc1nc2ccccc2o1. The number of para-hydroxylation sites is 2. The van der Waals surface area contributed by atoms with Crippen molar-refractivity contribution in [1.29, 1.82) is 0 Å². The van der Waals surface area contributed by atoms with Gasteiger partial charge in [0.25, 0.3) is 0 Å². The van der Waals surface area contributed by atoms with Crippen LogP contribution in [-0.4, -0.2) is 17.5 Å². The van der Waals surface area contributed by atoms with Gasteiger partial charge in [-0.3, -0.25) is 10.1 Å². The molecule has 1 N–H and O–H groups in total. The summed E-state index contributed by atoms with van der Waals surface area (Å²) in [7, 11) is 0. The minimum atomic E-state index is -2.87. The predicted octanol–water partition coefficient (Wildman–Crippen LogP) is 3.61. The summed E-state index contributed by atoms with van der Waals surface area (Å²) < 4.78 is 33.8. The molecule has 0 saturated heterocycles. The van der Waals surface area contributed by atoms with Gasteiger partial charge in [-0.2, -0.15) is 13.8 Å². The summed E-state index contributed by atoms with van der Waals surface area (Å²) in [5.74, 6) is -0.276. The number of halogens is 2. The van der Waals surface area contributed by atoms with E-state index in [0.717, 1.165) is 0 Å². The third-order valence-corrected chi connectivity index (χ3v) is 3.05. The van der Waals surface area contributed by atoms with Crippen molar-refractivity contribution in [3.8, 4) is 5.75 Å². The number of fused-ring (bicyclic) bond motifs is 1. The van der Waals surface area contributed by atoms with Gasteiger partial charge in [-0.05, 0) is 29.8 Å². The number of amides is 1. The van der Waals surface area contributed by atoms with Crippen LogP contribution in [0.4, 0.5) is 14.8 Å². The van der Waals surface area contributed by atoms with Crippen molar-refractivity contribution in [1.82, 2.24) is 4.98 Å². The molecule has 118 valence electrons. The average Bonchev–Trinajstić information content (AvgIpc) is 2.90. The molecule has 23 heavy (non-hydrogen) atoms. The third-order valence-electron chi connectivity index (χ3n) is 3.05. The third kappa shape index (κ3) is 3.82. The predicted molar refractivity (Wildman–Crippen MR) is 79.4 cm³/mol. The Hall–Kier alpha value is -2.96. The average molecular weight is 318 g/mol. The van der Waals surface area contributed by atoms with E-state index in [2.05, 4.69) is 15.0 Å². The first-order chi connectivity index (χ1) is 11.1. The second kappa shape index (κ2) is 6.43. The first-order valence-corrected chi connectivity index (χ1v) is 6.79. The van der Waals surface area contributed by atoms with E-state index in [9.17, 15) is 13.6 Å². The molecule has 0 saturated carbocycles. The minimum Gasteiger partial charge on any atom is -0.435 e. The van der Waals surface area contributed by atoms with Crippen LogP contribution in [0.25, 0.3) is 11.1 Å². The van der Waals surface area contributed by atoms with Gasteiger partial charge < -0.3 is 9.15 Å². The monoisotopic (exact) mass is 318 g/mol. The summed E-state index contributed by atoms with van der Waals surface area (Å²) in [6.45, 7) is -2.87. The first-order valence-electron chi connectivity index (χ1n) is 6.79. The maximum Gasteiger partial charge on any atom is 0.387 e. The molecule has 0 aliphatic heterocycles. The lowest BCUT2D eigenvalue weighted by Gasteiger charge is -2.05. The standard InChI is InChI=1S/C16H12F2N2O3/c17-15(18)22-11-7-5-10(6-8-11)9-14(21)20-16-19-12-3-1-2-4-13(12)23-16/h1-8,15H,9H2,(H,19,20,21). The van der Waals surface area contributed by atoms with Gasteiger partial charge in [0.05, 0.1) is 6.42 Å². The number of oxazole rings is 1. The van der Waals surface area contributed by atoms with Gasteiger partial charge in [0.2, 0.25) is 5.91 Å². The summed E-state index contributed by atoms with van der Waals surface area (Å²) in [6, 6.07) is 13.1. The van der Waals surface area contributed by atoms with E-state index in [1.165, 1.54) is 12.1 Å². The van der Waals surface area contributed by atoms with E-state index >= 15 is 0 Å². The van der Waals surface area contributed by atoms with Crippen LogP contribution in [0.5, 0.6) is 5.75 Å². The van der Waals surface area contributed by atoms with E-state index in [-0.39, 0.29) is 24.1 Å². The normalized spacial score (nSPS) is 10.9. The van der Waals surface area contributed by atoms with Gasteiger partial charge in [0, 0.05) is 0 Å². The number of alkyl halides is 2. The number of nitrogens with zero attached hydrogens (tertiary/aromatic N) is 1. The summed E-state index contributed by atoms with van der Waals surface area (Å²) in [5.41, 5.74) is 1.88. The van der Waals surface area contributed by atoms with Crippen LogP contribution < -0.4 is 10.1 Å². The number of carbonyl (C=O) groups is 1. The van der Waals surface area contributed by atoms with Gasteiger partial charge in [-0.25, -0.2) is 0 Å². The molecule has 0 aliphatic rings. The van der Waals surface area contributed by atoms with Gasteiger partial charge in [0.15, 0.2) is 5.58 Å². The number of benzene rings is 2. The van der Waals surface area contributed by atoms with Gasteiger partial charge in [-0.15, -0.1) is 0 Å². The van der Waals surface area contributed by atoms with E-state index in [1.54, 1.807) is 24.3 Å². The topological polar surface area (TPSA) is 64.4 Å². The number of hydrogen-bond acceptors (Lipinski definition) is 4. The highest BCUT2D eigenvalue weighted by atomic mass is 19.3. The zero-order valence-electron chi connectivity index (χ0n) is 11.8. The molecule has 3 aromatic rings. The number of ether oxygens (including phenoxy) is 1. The molecular weight excluding hydrogens is 306 g/mol. The fourth-order valence-electron chi connectivity index (χ4n) is 2.06. The highest BCUT2D eigenvalue weighted by molar-refractivity contribution is 5.91. The maximum absolute atomic E-state index is 12.1. The first kappa shape index (κ1) is 15.0. The molecule has 1 amide bonds. The summed E-state index contributed by atoms with van der Waals surface area (Å²) >= 11 is 0. The van der Waals surface area contributed by atoms with Crippen LogP contribution in [-0.2, 0) is 11.2 Å². The lowest BCUT2D eigenvalue weighted by Crippen LogP contribution is -2.14. The van der Waals surface area contributed by atoms with E-state index < -0.39 is 6.61 Å². The van der Waals surface area contributed by atoms with Crippen LogP contribution in [0.2, 0.25) is 0 Å². The minimum absolute atomic E-state index is 0.0445. The number of anilines is 1. The quantitative estimate of drug-likeness (QED) is 0.780. The largest absolute Gasteiger partial charge is 0.435 e. The molecule has 5 nitrogen and oxygen atoms in total. The molecule has 0 fully saturated rings. The van der Waals surface area contributed by atoms with Crippen LogP contribution >= 0.6 is 0 Å². The Balaban J connectivity index is 1.62. The Kier molecular flexibility index (Phi) is 4.18. The molecule has 2 aromatic carbocycles. The van der Waals surface area contributed by atoms with Crippen molar-refractivity contribution in [2.75, 3.05) is 5.32 Å². The number of rotatable bonds is 5. The van der Waals surface area contributed by atoms with Gasteiger partial charge in [0.1, 0.15) is 11.3 Å². The zero-order valence-corrected chi connectivity index (χ0v) is 11.8. The Morgan fingerprint density at radius 3 is 2.61 bits per heavy atom. The Bertz CT molecular complexity index is 783. The lowest BCUT2D eigenvalue weighted by atomic mass is 10.1. The van der Waals surface area contributed by atoms with Crippen molar-refractivity contribution in [2.24, 2.45) is 0 Å². The maximum atomic E-state index is 12.1. The Labute approximate surface area is 129 Å². The van der Waals surface area contributed by atoms with E-state index in [4.69, 9.17) is 4.42 Å². The Morgan fingerprint density at radius 2 is 1.91 bits per heavy atom. The van der Waals surface area contributed by atoms with Gasteiger partial charge >= 0.3 is 12.6 Å². The van der Waals surface area contributed by atoms with Crippen molar-refractivity contribution in [3.63, 3.8) is 0 Å².